The van der Waals surface area contributed by atoms with Crippen LogP contribution in [0.2, 0.25) is 0 Å². The molecule has 2 atom stereocenters. The third-order valence-electron chi connectivity index (χ3n) is 4.85. The Morgan fingerprint density at radius 2 is 2.25 bits per heavy atom. The number of carbonyl (C=O) groups is 1. The molecule has 0 saturated carbocycles. The summed E-state index contributed by atoms with van der Waals surface area (Å²) in [6.45, 7) is 6.92. The van der Waals surface area contributed by atoms with Gasteiger partial charge in [-0.2, -0.15) is 5.10 Å². The first-order chi connectivity index (χ1) is 9.49. The van der Waals surface area contributed by atoms with Crippen molar-refractivity contribution in [2.45, 2.75) is 38.1 Å². The van der Waals surface area contributed by atoms with Crippen LogP contribution < -0.4 is 5.32 Å². The van der Waals surface area contributed by atoms with E-state index in [9.17, 15) is 4.79 Å². The third kappa shape index (κ3) is 2.24. The van der Waals surface area contributed by atoms with E-state index in [0.717, 1.165) is 32.5 Å². The van der Waals surface area contributed by atoms with Crippen molar-refractivity contribution in [3.63, 3.8) is 0 Å². The fraction of sp³-hybridized carbons (Fsp3) is 0.733. The van der Waals surface area contributed by atoms with Crippen LogP contribution in [0.25, 0.3) is 0 Å². The van der Waals surface area contributed by atoms with Gasteiger partial charge in [-0.05, 0) is 32.3 Å². The molecule has 20 heavy (non-hydrogen) atoms. The monoisotopic (exact) mass is 276 g/mol. The quantitative estimate of drug-likeness (QED) is 0.881. The number of carbonyl (C=O) groups excluding carboxylic acids is 1. The highest BCUT2D eigenvalue weighted by Crippen LogP contribution is 2.35. The molecule has 2 aliphatic rings. The lowest BCUT2D eigenvalue weighted by Crippen LogP contribution is -2.47. The number of hydrogen-bond acceptors (Lipinski definition) is 3. The molecule has 1 aromatic rings. The van der Waals surface area contributed by atoms with Crippen molar-refractivity contribution in [2.24, 2.45) is 13.0 Å². The smallest absolute Gasteiger partial charge is 0.228 e. The lowest BCUT2D eigenvalue weighted by molar-refractivity contribution is -0.138. The fourth-order valence-corrected chi connectivity index (χ4v) is 3.64. The standard InChI is InChI=1S/C15H24N4O/c1-15(2)5-4-6-19(15)14(20)13-9-16-8-12(13)11-7-17-18(3)10-11/h7,10,12-13,16H,4-6,8-9H2,1-3H3/t12-,13+/m1/s1. The molecule has 2 saturated heterocycles. The summed E-state index contributed by atoms with van der Waals surface area (Å²) in [5.41, 5.74) is 1.19. The van der Waals surface area contributed by atoms with Crippen LogP contribution in [-0.4, -0.2) is 45.8 Å². The maximum atomic E-state index is 12.9. The van der Waals surface area contributed by atoms with E-state index in [2.05, 4.69) is 29.2 Å². The van der Waals surface area contributed by atoms with E-state index in [1.54, 1.807) is 0 Å². The third-order valence-corrected chi connectivity index (χ3v) is 4.85. The van der Waals surface area contributed by atoms with Crippen molar-refractivity contribution in [1.82, 2.24) is 20.0 Å². The van der Waals surface area contributed by atoms with Crippen molar-refractivity contribution in [1.29, 1.82) is 0 Å². The highest BCUT2D eigenvalue weighted by molar-refractivity contribution is 5.81. The number of hydrogen-bond donors (Lipinski definition) is 1. The van der Waals surface area contributed by atoms with Crippen LogP contribution in [0.1, 0.15) is 38.2 Å². The van der Waals surface area contributed by atoms with E-state index in [0.29, 0.717) is 5.91 Å². The summed E-state index contributed by atoms with van der Waals surface area (Å²) in [5.74, 6) is 0.621. The van der Waals surface area contributed by atoms with Crippen LogP contribution >= 0.6 is 0 Å². The molecule has 5 heteroatoms. The second-order valence-corrected chi connectivity index (χ2v) is 6.72. The normalized spacial score (nSPS) is 29.1. The van der Waals surface area contributed by atoms with Gasteiger partial charge in [0.25, 0.3) is 0 Å². The minimum atomic E-state index is 0.0131. The Morgan fingerprint density at radius 1 is 1.45 bits per heavy atom. The van der Waals surface area contributed by atoms with Gasteiger partial charge in [0.2, 0.25) is 5.91 Å². The second kappa shape index (κ2) is 4.88. The van der Waals surface area contributed by atoms with E-state index in [1.165, 1.54) is 5.56 Å². The molecule has 2 fully saturated rings. The van der Waals surface area contributed by atoms with Crippen LogP contribution in [0.3, 0.4) is 0 Å². The summed E-state index contributed by atoms with van der Waals surface area (Å²) in [6, 6.07) is 0. The number of rotatable bonds is 2. The highest BCUT2D eigenvalue weighted by atomic mass is 16.2. The maximum Gasteiger partial charge on any atom is 0.228 e. The van der Waals surface area contributed by atoms with E-state index < -0.39 is 0 Å². The maximum absolute atomic E-state index is 12.9. The Bertz CT molecular complexity index is 508. The zero-order chi connectivity index (χ0) is 14.3. The van der Waals surface area contributed by atoms with Crippen molar-refractivity contribution >= 4 is 5.91 Å². The number of nitrogens with one attached hydrogen (secondary N) is 1. The first-order valence-corrected chi connectivity index (χ1v) is 7.50. The molecule has 0 bridgehead atoms. The number of likely N-dealkylation sites (tertiary alicyclic amines) is 1. The van der Waals surface area contributed by atoms with Crippen molar-refractivity contribution in [3.8, 4) is 0 Å². The first kappa shape index (κ1) is 13.6. The average Bonchev–Trinajstić information content (AvgIpc) is 3.06. The molecule has 0 radical (unpaired) electrons. The summed E-state index contributed by atoms with van der Waals surface area (Å²) in [5, 5.41) is 7.62. The van der Waals surface area contributed by atoms with Crippen LogP contribution in [-0.2, 0) is 11.8 Å². The minimum Gasteiger partial charge on any atom is -0.337 e. The van der Waals surface area contributed by atoms with E-state index in [4.69, 9.17) is 0 Å². The molecule has 0 aromatic carbocycles. The van der Waals surface area contributed by atoms with Crippen LogP contribution in [0, 0.1) is 5.92 Å². The predicted octanol–water partition coefficient (Wildman–Crippen LogP) is 1.12. The van der Waals surface area contributed by atoms with Gasteiger partial charge in [-0.3, -0.25) is 9.48 Å². The van der Waals surface area contributed by atoms with Gasteiger partial charge in [0.1, 0.15) is 0 Å². The van der Waals surface area contributed by atoms with Crippen molar-refractivity contribution in [2.75, 3.05) is 19.6 Å². The lowest BCUT2D eigenvalue weighted by Gasteiger charge is -2.34. The first-order valence-electron chi connectivity index (χ1n) is 7.50. The van der Waals surface area contributed by atoms with Gasteiger partial charge >= 0.3 is 0 Å². The zero-order valence-corrected chi connectivity index (χ0v) is 12.6. The summed E-state index contributed by atoms with van der Waals surface area (Å²) in [7, 11) is 1.92. The molecule has 2 aliphatic heterocycles. The highest BCUT2D eigenvalue weighted by Gasteiger charge is 2.42. The van der Waals surface area contributed by atoms with Gasteiger partial charge in [-0.1, -0.05) is 0 Å². The Morgan fingerprint density at radius 3 is 2.85 bits per heavy atom. The molecule has 0 spiro atoms. The van der Waals surface area contributed by atoms with E-state index in [1.807, 2.05) is 24.1 Å². The SMILES string of the molecule is Cn1cc([C@H]2CNC[C@@H]2C(=O)N2CCCC2(C)C)cn1. The minimum absolute atomic E-state index is 0.0131. The fourth-order valence-electron chi connectivity index (χ4n) is 3.64. The van der Waals surface area contributed by atoms with E-state index in [-0.39, 0.29) is 17.4 Å². The molecule has 0 aliphatic carbocycles. The predicted molar refractivity (Wildman–Crippen MR) is 77.3 cm³/mol. The summed E-state index contributed by atoms with van der Waals surface area (Å²) >= 11 is 0. The molecular weight excluding hydrogens is 252 g/mol. The summed E-state index contributed by atoms with van der Waals surface area (Å²) in [6.07, 6.45) is 6.16. The number of amides is 1. The van der Waals surface area contributed by atoms with Crippen LogP contribution in [0.5, 0.6) is 0 Å². The Kier molecular flexibility index (Phi) is 3.32. The second-order valence-electron chi connectivity index (χ2n) is 6.72. The zero-order valence-electron chi connectivity index (χ0n) is 12.6. The lowest BCUT2D eigenvalue weighted by atomic mass is 9.88. The number of nitrogens with zero attached hydrogens (tertiary/aromatic N) is 3. The van der Waals surface area contributed by atoms with Crippen molar-refractivity contribution in [3.05, 3.63) is 18.0 Å². The molecule has 5 nitrogen and oxygen atoms in total. The Balaban J connectivity index is 1.80. The largest absolute Gasteiger partial charge is 0.337 e. The number of aromatic nitrogens is 2. The van der Waals surface area contributed by atoms with Crippen molar-refractivity contribution < 1.29 is 4.79 Å². The van der Waals surface area contributed by atoms with Gasteiger partial charge in [-0.25, -0.2) is 0 Å². The van der Waals surface area contributed by atoms with Crippen LogP contribution in [0.15, 0.2) is 12.4 Å². The van der Waals surface area contributed by atoms with E-state index >= 15 is 0 Å². The van der Waals surface area contributed by atoms with Crippen LogP contribution in [0.4, 0.5) is 0 Å². The van der Waals surface area contributed by atoms with Gasteiger partial charge in [-0.15, -0.1) is 0 Å². The molecule has 0 unspecified atom stereocenters. The number of aryl methyl sites for hydroxylation is 1. The Hall–Kier alpha value is -1.36. The molecule has 1 amide bonds. The molecular formula is C15H24N4O. The van der Waals surface area contributed by atoms with Gasteiger partial charge in [0.05, 0.1) is 12.1 Å². The molecule has 3 heterocycles. The summed E-state index contributed by atoms with van der Waals surface area (Å²) in [4.78, 5) is 15.0. The summed E-state index contributed by atoms with van der Waals surface area (Å²) < 4.78 is 1.81. The molecule has 1 N–H and O–H groups in total. The van der Waals surface area contributed by atoms with Gasteiger partial charge in [0, 0.05) is 44.3 Å². The molecule has 1 aromatic heterocycles. The topological polar surface area (TPSA) is 50.2 Å². The van der Waals surface area contributed by atoms with Gasteiger partial charge < -0.3 is 10.2 Å². The molecule has 110 valence electrons. The average molecular weight is 276 g/mol. The van der Waals surface area contributed by atoms with Gasteiger partial charge in [0.15, 0.2) is 0 Å². The Labute approximate surface area is 120 Å². The molecule has 3 rings (SSSR count).